The van der Waals surface area contributed by atoms with Gasteiger partial charge >= 0.3 is 0 Å². The summed E-state index contributed by atoms with van der Waals surface area (Å²) in [5.41, 5.74) is 4.38. The third-order valence-corrected chi connectivity index (χ3v) is 6.40. The predicted molar refractivity (Wildman–Crippen MR) is 115 cm³/mol. The molecule has 0 radical (unpaired) electrons. The number of hydrogen-bond acceptors (Lipinski definition) is 7. The average molecular weight is 428 g/mol. The molecule has 1 aromatic carbocycles. The lowest BCUT2D eigenvalue weighted by Crippen LogP contribution is -2.14. The van der Waals surface area contributed by atoms with Crippen molar-refractivity contribution < 1.29 is 8.42 Å². The molecule has 7 nitrogen and oxygen atoms in total. The van der Waals surface area contributed by atoms with Crippen LogP contribution < -0.4 is 5.84 Å². The Morgan fingerprint density at radius 2 is 1.86 bits per heavy atom. The lowest BCUT2D eigenvalue weighted by Gasteiger charge is -2.08. The van der Waals surface area contributed by atoms with Crippen LogP contribution >= 0.6 is 11.3 Å². The summed E-state index contributed by atoms with van der Waals surface area (Å²) < 4.78 is 24.3. The summed E-state index contributed by atoms with van der Waals surface area (Å²) in [7, 11) is -3.58. The topological polar surface area (TPSA) is 104 Å². The highest BCUT2D eigenvalue weighted by Gasteiger charge is 2.23. The Bertz CT molecular complexity index is 1270. The summed E-state index contributed by atoms with van der Waals surface area (Å²) in [6, 6.07) is 12.2. The minimum Gasteiger partial charge on any atom is -0.323 e. The first-order valence-corrected chi connectivity index (χ1v) is 11.9. The third-order valence-electron chi connectivity index (χ3n) is 4.63. The third kappa shape index (κ3) is 3.75. The molecule has 29 heavy (non-hydrogen) atoms. The van der Waals surface area contributed by atoms with Crippen LogP contribution in [0.2, 0.25) is 0 Å². The first-order valence-electron chi connectivity index (χ1n) is 9.11. The quantitative estimate of drug-likeness (QED) is 0.387. The molecule has 2 N–H and O–H groups in total. The Kier molecular flexibility index (Phi) is 4.87. The summed E-state index contributed by atoms with van der Waals surface area (Å²) in [4.78, 5) is 11.1. The lowest BCUT2D eigenvalue weighted by atomic mass is 10.0. The number of nitrogens with two attached hydrogens (primary N) is 1. The van der Waals surface area contributed by atoms with Crippen molar-refractivity contribution in [1.29, 1.82) is 0 Å². The SMILES string of the molecule is CC(C)c1nn(N)c2c(Cc3ccc(-c4cccs4)cc3)nc(S(C)(=O)=O)nc12. The smallest absolute Gasteiger partial charge is 0.247 e. The Morgan fingerprint density at radius 1 is 1.14 bits per heavy atom. The number of fused-ring (bicyclic) bond motifs is 1. The fourth-order valence-corrected chi connectivity index (χ4v) is 4.48. The van der Waals surface area contributed by atoms with E-state index in [2.05, 4.69) is 33.3 Å². The van der Waals surface area contributed by atoms with Gasteiger partial charge in [-0.15, -0.1) is 11.3 Å². The number of hydrogen-bond donors (Lipinski definition) is 1. The van der Waals surface area contributed by atoms with Gasteiger partial charge < -0.3 is 5.84 Å². The molecule has 3 aromatic heterocycles. The number of nitrogens with zero attached hydrogens (tertiary/aromatic N) is 4. The molecule has 4 aromatic rings. The number of aromatic nitrogens is 4. The van der Waals surface area contributed by atoms with Gasteiger partial charge in [-0.1, -0.05) is 44.2 Å². The van der Waals surface area contributed by atoms with E-state index in [-0.39, 0.29) is 11.1 Å². The van der Waals surface area contributed by atoms with E-state index in [1.165, 1.54) is 9.67 Å². The van der Waals surface area contributed by atoms with Crippen molar-refractivity contribution in [3.63, 3.8) is 0 Å². The molecule has 0 unspecified atom stereocenters. The van der Waals surface area contributed by atoms with E-state index in [1.54, 1.807) is 11.3 Å². The first-order chi connectivity index (χ1) is 13.7. The monoisotopic (exact) mass is 427 g/mol. The highest BCUT2D eigenvalue weighted by atomic mass is 32.2. The maximum absolute atomic E-state index is 12.2. The predicted octanol–water partition coefficient (Wildman–Crippen LogP) is 3.39. The van der Waals surface area contributed by atoms with Gasteiger partial charge in [-0.3, -0.25) is 0 Å². The molecule has 0 saturated carbocycles. The van der Waals surface area contributed by atoms with Gasteiger partial charge in [0.05, 0.1) is 11.4 Å². The fourth-order valence-electron chi connectivity index (χ4n) is 3.21. The van der Waals surface area contributed by atoms with Gasteiger partial charge in [-0.05, 0) is 28.5 Å². The molecule has 0 spiro atoms. The van der Waals surface area contributed by atoms with E-state index in [1.807, 2.05) is 37.4 Å². The fraction of sp³-hybridized carbons (Fsp3) is 0.250. The molecule has 0 saturated heterocycles. The second-order valence-electron chi connectivity index (χ2n) is 7.26. The summed E-state index contributed by atoms with van der Waals surface area (Å²) in [6.45, 7) is 3.93. The van der Waals surface area contributed by atoms with E-state index in [9.17, 15) is 8.42 Å². The standard InChI is InChI=1S/C20H21N5O2S2/c1-12(2)17-18-19(25(21)24-17)15(22-20(23-18)29(3,26)27)11-13-6-8-14(9-7-13)16-5-4-10-28-16/h4-10,12H,11,21H2,1-3H3. The number of rotatable bonds is 5. The second-order valence-corrected chi connectivity index (χ2v) is 10.1. The van der Waals surface area contributed by atoms with Gasteiger partial charge in [0.2, 0.25) is 15.0 Å². The molecule has 0 bridgehead atoms. The van der Waals surface area contributed by atoms with E-state index < -0.39 is 9.84 Å². The Labute approximate surface area is 173 Å². The summed E-state index contributed by atoms with van der Waals surface area (Å²) in [6.07, 6.45) is 1.53. The minimum atomic E-state index is -3.58. The molecule has 0 fully saturated rings. The number of thiophene rings is 1. The summed E-state index contributed by atoms with van der Waals surface area (Å²) in [5.74, 6) is 6.14. The number of nitrogen functional groups attached to an aromatic ring is 1. The number of benzene rings is 1. The van der Waals surface area contributed by atoms with Gasteiger partial charge in [0.25, 0.3) is 0 Å². The van der Waals surface area contributed by atoms with Gasteiger partial charge in [-0.25, -0.2) is 18.4 Å². The minimum absolute atomic E-state index is 0.0440. The largest absolute Gasteiger partial charge is 0.323 e. The zero-order valence-corrected chi connectivity index (χ0v) is 18.0. The van der Waals surface area contributed by atoms with Gasteiger partial charge in [0.1, 0.15) is 11.0 Å². The highest BCUT2D eigenvalue weighted by Crippen LogP contribution is 2.28. The molecular formula is C20H21N5O2S2. The first kappa shape index (κ1) is 19.5. The summed E-state index contributed by atoms with van der Waals surface area (Å²) >= 11 is 1.68. The molecule has 0 aliphatic heterocycles. The maximum atomic E-state index is 12.2. The van der Waals surface area contributed by atoms with E-state index >= 15 is 0 Å². The highest BCUT2D eigenvalue weighted by molar-refractivity contribution is 7.90. The van der Waals surface area contributed by atoms with Crippen molar-refractivity contribution in [1.82, 2.24) is 19.9 Å². The normalized spacial score (nSPS) is 12.1. The second kappa shape index (κ2) is 7.23. The van der Waals surface area contributed by atoms with Crippen LogP contribution in [0.5, 0.6) is 0 Å². The van der Waals surface area contributed by atoms with Crippen molar-refractivity contribution in [3.8, 4) is 10.4 Å². The average Bonchev–Trinajstić information content (AvgIpc) is 3.30. The van der Waals surface area contributed by atoms with Crippen LogP contribution in [0.4, 0.5) is 0 Å². The van der Waals surface area contributed by atoms with Crippen LogP contribution in [-0.2, 0) is 16.3 Å². The van der Waals surface area contributed by atoms with Crippen LogP contribution in [0.1, 0.15) is 36.7 Å². The zero-order valence-electron chi connectivity index (χ0n) is 16.3. The molecule has 150 valence electrons. The van der Waals surface area contributed by atoms with Crippen molar-refractivity contribution in [2.45, 2.75) is 31.3 Å². The van der Waals surface area contributed by atoms with Crippen molar-refractivity contribution >= 4 is 32.2 Å². The van der Waals surface area contributed by atoms with Crippen LogP contribution in [0.15, 0.2) is 46.9 Å². The lowest BCUT2D eigenvalue weighted by molar-refractivity contribution is 0.593. The Hall–Kier alpha value is -2.78. The van der Waals surface area contributed by atoms with Crippen molar-refractivity contribution in [2.75, 3.05) is 12.1 Å². The van der Waals surface area contributed by atoms with Crippen molar-refractivity contribution in [3.05, 3.63) is 58.7 Å². The molecule has 0 aliphatic carbocycles. The molecule has 9 heteroatoms. The molecule has 3 heterocycles. The van der Waals surface area contributed by atoms with Gasteiger partial charge in [0, 0.05) is 17.6 Å². The Balaban J connectivity index is 1.82. The molecule has 0 atom stereocenters. The van der Waals surface area contributed by atoms with E-state index in [4.69, 9.17) is 5.84 Å². The maximum Gasteiger partial charge on any atom is 0.247 e. The van der Waals surface area contributed by atoms with Gasteiger partial charge in [0.15, 0.2) is 0 Å². The van der Waals surface area contributed by atoms with E-state index in [0.29, 0.717) is 28.8 Å². The van der Waals surface area contributed by atoms with Crippen molar-refractivity contribution in [2.24, 2.45) is 0 Å². The van der Waals surface area contributed by atoms with E-state index in [0.717, 1.165) is 17.4 Å². The molecule has 0 aliphatic rings. The molecular weight excluding hydrogens is 406 g/mol. The molecule has 4 rings (SSSR count). The van der Waals surface area contributed by atoms with Crippen LogP contribution in [0.25, 0.3) is 21.5 Å². The van der Waals surface area contributed by atoms with Gasteiger partial charge in [-0.2, -0.15) is 9.89 Å². The number of sulfone groups is 1. The van der Waals surface area contributed by atoms with Crippen LogP contribution in [-0.4, -0.2) is 34.5 Å². The van der Waals surface area contributed by atoms with Crippen LogP contribution in [0, 0.1) is 0 Å². The Morgan fingerprint density at radius 3 is 2.45 bits per heavy atom. The summed E-state index contributed by atoms with van der Waals surface area (Å²) in [5, 5.41) is 6.20. The molecule has 0 amide bonds. The zero-order chi connectivity index (χ0) is 20.8. The van der Waals surface area contributed by atoms with Crippen LogP contribution in [0.3, 0.4) is 0 Å².